The maximum Gasteiger partial charge on any atom is 0.306 e. The monoisotopic (exact) mass is 579 g/mol. The highest BCUT2D eigenvalue weighted by atomic mass is 16.7. The minimum atomic E-state index is -1.50. The molecule has 11 nitrogen and oxygen atoms in total. The fourth-order valence-corrected chi connectivity index (χ4v) is 4.29. The number of aromatic nitrogens is 3. The molecule has 2 heterocycles. The molecule has 5 atom stereocenters. The van der Waals surface area contributed by atoms with Gasteiger partial charge in [-0.25, -0.2) is 0 Å². The summed E-state index contributed by atoms with van der Waals surface area (Å²) < 4.78 is 17.8. The van der Waals surface area contributed by atoms with Gasteiger partial charge in [-0.05, 0) is 72.3 Å². The van der Waals surface area contributed by atoms with Crippen LogP contribution in [0, 0.1) is 0 Å². The van der Waals surface area contributed by atoms with Gasteiger partial charge in [0, 0.05) is 13.0 Å². The molecule has 0 unspecified atom stereocenters. The summed E-state index contributed by atoms with van der Waals surface area (Å²) in [5.41, 5.74) is 4.48. The van der Waals surface area contributed by atoms with Crippen molar-refractivity contribution in [3.8, 4) is 0 Å². The first-order valence-electron chi connectivity index (χ1n) is 14.5. The third kappa shape index (κ3) is 13.4. The predicted octanol–water partition coefficient (Wildman–Crippen LogP) is 3.12. The van der Waals surface area contributed by atoms with Gasteiger partial charge in [-0.15, -0.1) is 5.10 Å². The number of nitrogens with zero attached hydrogens (tertiary/aromatic N) is 3. The lowest BCUT2D eigenvalue weighted by atomic mass is 9.99. The molecule has 232 valence electrons. The molecule has 2 rings (SSSR count). The molecule has 0 bridgehead atoms. The first-order chi connectivity index (χ1) is 19.6. The van der Waals surface area contributed by atoms with Gasteiger partial charge < -0.3 is 34.6 Å². The van der Waals surface area contributed by atoms with Crippen LogP contribution < -0.4 is 0 Å². The quantitative estimate of drug-likeness (QED) is 0.116. The van der Waals surface area contributed by atoms with E-state index >= 15 is 0 Å². The molecule has 0 aliphatic carbocycles. The zero-order valence-corrected chi connectivity index (χ0v) is 24.9. The number of carbonyl (C=O) groups is 1. The minimum absolute atomic E-state index is 0.0323. The van der Waals surface area contributed by atoms with Crippen molar-refractivity contribution >= 4 is 5.97 Å². The Morgan fingerprint density at radius 3 is 2.37 bits per heavy atom. The van der Waals surface area contributed by atoms with Crippen LogP contribution in [-0.4, -0.2) is 85.3 Å². The van der Waals surface area contributed by atoms with Crippen molar-refractivity contribution in [2.24, 2.45) is 0 Å². The average Bonchev–Trinajstić information content (AvgIpc) is 3.38. The molecular weight excluding hydrogens is 530 g/mol. The van der Waals surface area contributed by atoms with Gasteiger partial charge in [0.25, 0.3) is 0 Å². The van der Waals surface area contributed by atoms with Crippen LogP contribution in [0.25, 0.3) is 0 Å². The molecule has 1 aromatic heterocycles. The molecule has 0 spiro atoms. The fourth-order valence-electron chi connectivity index (χ4n) is 4.29. The van der Waals surface area contributed by atoms with Gasteiger partial charge in [0.2, 0.25) is 0 Å². The molecule has 41 heavy (non-hydrogen) atoms. The number of rotatable bonds is 18. The molecule has 0 saturated carbocycles. The molecule has 0 aromatic carbocycles. The van der Waals surface area contributed by atoms with Crippen molar-refractivity contribution in [1.82, 2.24) is 15.0 Å². The standard InChI is InChI=1S/C30H49N3O8/c1-21(2)10-8-11-22(3)12-9-13-23(4)15-17-39-26(35)14-6-5-7-16-33-18-24(31-32-33)20-40-30-29(38)28(37)27(36)25(19-34)41-30/h10,12,15,18,25,27-30,34,36-38H,5-9,11,13-14,16-17,19-20H2,1-4H3/b22-12+,23-15+/t25-,27-,28+,29-,30-/m1/s1. The van der Waals surface area contributed by atoms with E-state index < -0.39 is 37.3 Å². The average molecular weight is 580 g/mol. The number of hydrogen-bond acceptors (Lipinski definition) is 10. The van der Waals surface area contributed by atoms with Crippen molar-refractivity contribution in [2.75, 3.05) is 13.2 Å². The Bertz CT molecular complexity index is 1000. The van der Waals surface area contributed by atoms with Crippen LogP contribution in [-0.2, 0) is 32.2 Å². The normalized spacial score (nSPS) is 23.5. The van der Waals surface area contributed by atoms with Crippen molar-refractivity contribution < 1.29 is 39.4 Å². The summed E-state index contributed by atoms with van der Waals surface area (Å²) in [7, 11) is 0. The SMILES string of the molecule is CC(C)=CCC/C(C)=C/CC/C(C)=C/COC(=O)CCCCCn1cc(CO[C@@H]2O[C@H](CO)[C@@H](O)[C@H](O)[C@H]2O)nn1. The third-order valence-electron chi connectivity index (χ3n) is 6.90. The molecule has 1 saturated heterocycles. The zero-order valence-electron chi connectivity index (χ0n) is 24.9. The van der Waals surface area contributed by atoms with Gasteiger partial charge in [-0.2, -0.15) is 0 Å². The smallest absolute Gasteiger partial charge is 0.306 e. The second kappa shape index (κ2) is 18.9. The summed E-state index contributed by atoms with van der Waals surface area (Å²) in [4.78, 5) is 12.0. The van der Waals surface area contributed by atoms with E-state index in [-0.39, 0.29) is 12.6 Å². The summed E-state index contributed by atoms with van der Waals surface area (Å²) in [5.74, 6) is -0.197. The maximum absolute atomic E-state index is 12.0. The topological polar surface area (TPSA) is 156 Å². The van der Waals surface area contributed by atoms with E-state index in [0.29, 0.717) is 25.3 Å². The summed E-state index contributed by atoms with van der Waals surface area (Å²) in [6, 6.07) is 0. The third-order valence-corrected chi connectivity index (χ3v) is 6.90. The van der Waals surface area contributed by atoms with E-state index in [0.717, 1.165) is 44.9 Å². The lowest BCUT2D eigenvalue weighted by molar-refractivity contribution is -0.304. The van der Waals surface area contributed by atoms with E-state index in [1.807, 2.05) is 6.08 Å². The highest BCUT2D eigenvalue weighted by Gasteiger charge is 2.44. The molecular formula is C30H49N3O8. The van der Waals surface area contributed by atoms with Crippen LogP contribution in [0.4, 0.5) is 0 Å². The first kappa shape index (κ1) is 34.8. The number of allylic oxidation sites excluding steroid dienone is 5. The van der Waals surface area contributed by atoms with Gasteiger partial charge in [0.15, 0.2) is 6.29 Å². The second-order valence-corrected chi connectivity index (χ2v) is 10.9. The van der Waals surface area contributed by atoms with Gasteiger partial charge in [0.05, 0.1) is 19.4 Å². The summed E-state index contributed by atoms with van der Waals surface area (Å²) in [6.45, 7) is 8.86. The number of aliphatic hydroxyl groups is 4. The number of unbranched alkanes of at least 4 members (excludes halogenated alkanes) is 2. The fraction of sp³-hybridized carbons (Fsp3) is 0.700. The van der Waals surface area contributed by atoms with Crippen LogP contribution in [0.5, 0.6) is 0 Å². The van der Waals surface area contributed by atoms with Gasteiger partial charge >= 0.3 is 5.97 Å². The van der Waals surface area contributed by atoms with Crippen LogP contribution >= 0.6 is 0 Å². The van der Waals surface area contributed by atoms with E-state index in [1.165, 1.54) is 16.7 Å². The molecule has 0 radical (unpaired) electrons. The Hall–Kier alpha value is -2.41. The summed E-state index contributed by atoms with van der Waals surface area (Å²) in [6.07, 6.45) is 8.46. The van der Waals surface area contributed by atoms with E-state index in [4.69, 9.17) is 14.2 Å². The van der Waals surface area contributed by atoms with Gasteiger partial charge in [-0.3, -0.25) is 9.48 Å². The van der Waals surface area contributed by atoms with Gasteiger partial charge in [-0.1, -0.05) is 40.5 Å². The first-order valence-corrected chi connectivity index (χ1v) is 14.5. The van der Waals surface area contributed by atoms with Crippen molar-refractivity contribution in [3.63, 3.8) is 0 Å². The number of esters is 1. The molecule has 1 aliphatic rings. The molecule has 1 fully saturated rings. The van der Waals surface area contributed by atoms with Crippen LogP contribution in [0.1, 0.15) is 84.8 Å². The zero-order chi connectivity index (χ0) is 30.2. The highest BCUT2D eigenvalue weighted by Crippen LogP contribution is 2.22. The lowest BCUT2D eigenvalue weighted by Gasteiger charge is -2.39. The molecule has 0 amide bonds. The molecule has 1 aromatic rings. The molecule has 11 heteroatoms. The molecule has 4 N–H and O–H groups in total. The Labute approximate surface area is 243 Å². The van der Waals surface area contributed by atoms with E-state index in [2.05, 4.69) is 50.2 Å². The summed E-state index contributed by atoms with van der Waals surface area (Å²) >= 11 is 0. The number of aliphatic hydroxyl groups excluding tert-OH is 4. The maximum atomic E-state index is 12.0. The van der Waals surface area contributed by atoms with Gasteiger partial charge in [0.1, 0.15) is 36.7 Å². The van der Waals surface area contributed by atoms with Crippen LogP contribution in [0.15, 0.2) is 41.1 Å². The Balaban J connectivity index is 1.56. The lowest BCUT2D eigenvalue weighted by Crippen LogP contribution is -2.59. The highest BCUT2D eigenvalue weighted by molar-refractivity contribution is 5.69. The minimum Gasteiger partial charge on any atom is -0.461 e. The van der Waals surface area contributed by atoms with E-state index in [9.17, 15) is 25.2 Å². The van der Waals surface area contributed by atoms with Crippen LogP contribution in [0.2, 0.25) is 0 Å². The Morgan fingerprint density at radius 1 is 0.951 bits per heavy atom. The number of ether oxygens (including phenoxy) is 3. The Kier molecular flexibility index (Phi) is 16.0. The van der Waals surface area contributed by atoms with Crippen molar-refractivity contribution in [2.45, 2.75) is 123 Å². The Morgan fingerprint density at radius 2 is 1.66 bits per heavy atom. The second-order valence-electron chi connectivity index (χ2n) is 10.9. The van der Waals surface area contributed by atoms with Crippen molar-refractivity contribution in [1.29, 1.82) is 0 Å². The van der Waals surface area contributed by atoms with E-state index in [1.54, 1.807) is 10.9 Å². The largest absolute Gasteiger partial charge is 0.461 e. The number of carbonyl (C=O) groups excluding carboxylic acids is 1. The summed E-state index contributed by atoms with van der Waals surface area (Å²) in [5, 5.41) is 47.1. The predicted molar refractivity (Wildman–Crippen MR) is 153 cm³/mol. The number of aryl methyl sites for hydroxylation is 1. The number of hydrogen-bond donors (Lipinski definition) is 4. The van der Waals surface area contributed by atoms with Crippen LogP contribution in [0.3, 0.4) is 0 Å². The van der Waals surface area contributed by atoms with Crippen molar-refractivity contribution in [3.05, 3.63) is 46.8 Å². The molecule has 1 aliphatic heterocycles.